The van der Waals surface area contributed by atoms with Gasteiger partial charge in [-0.25, -0.2) is 0 Å². The van der Waals surface area contributed by atoms with E-state index in [0.29, 0.717) is 0 Å². The number of carbonyl (C=O) groups is 1. The fraction of sp³-hybridized carbons (Fsp3) is 0.740. The molecule has 0 radical (unpaired) electrons. The molecular weight excluding hydrogens is 970 g/mol. The number of ether oxygens (including phenoxy) is 6. The minimum Gasteiger partial charge on any atom is -0.459 e. The van der Waals surface area contributed by atoms with E-state index in [9.17, 15) is 51.9 Å². The standard InChI is InChI=1S/C50H79F3N4O14S/c1-13-38-48(10,62)42(59)32(6)54-26-28(2)24-46(8,61)43(71-45-40(58)37(23-29(3)67-45)57(11)72(64,65)56-36-21-19-34(20-22-36)50(51,52)53)30(4)41(31(5)44(60)69-38)70-39-25-47(9,66-12)49(63,33(7)68-39)27-55-35-17-15-14-16-18-35/h14-22,28-33,37-43,45,54-56,58-59,61-63H,13,23-27H2,1-12H3/t28-,29-,30+,31-,32-,33+,37+,38-,39+,40-,41+,42-,43-,45+,46-,47-,48-,49+/m1/s1. The molecule has 2 aromatic rings. The highest BCUT2D eigenvalue weighted by molar-refractivity contribution is 7.90. The molecule has 18 atom stereocenters. The number of methoxy groups -OCH3 is 1. The first-order valence-corrected chi connectivity index (χ1v) is 26.1. The first-order valence-electron chi connectivity index (χ1n) is 24.7. The summed E-state index contributed by atoms with van der Waals surface area (Å²) in [5.74, 6) is -3.47. The number of hydrogen-bond donors (Lipinski definition) is 8. The number of esters is 1. The van der Waals surface area contributed by atoms with Crippen LogP contribution in [0.3, 0.4) is 0 Å². The van der Waals surface area contributed by atoms with Gasteiger partial charge in [-0.1, -0.05) is 39.0 Å². The quantitative estimate of drug-likeness (QED) is 0.126. The molecule has 8 N–H and O–H groups in total. The van der Waals surface area contributed by atoms with Gasteiger partial charge in [0.05, 0.1) is 47.5 Å². The summed E-state index contributed by atoms with van der Waals surface area (Å²) in [5.41, 5.74) is -7.14. The Balaban J connectivity index is 1.54. The van der Waals surface area contributed by atoms with Crippen LogP contribution in [-0.2, 0) is 49.6 Å². The summed E-state index contributed by atoms with van der Waals surface area (Å²) in [7, 11) is -1.89. The summed E-state index contributed by atoms with van der Waals surface area (Å²) in [6.45, 7) is 16.6. The summed E-state index contributed by atoms with van der Waals surface area (Å²) in [6, 6.07) is 10.7. The number of nitrogens with zero attached hydrogens (tertiary/aromatic N) is 1. The fourth-order valence-electron chi connectivity index (χ4n) is 10.5. The van der Waals surface area contributed by atoms with E-state index >= 15 is 0 Å². The lowest BCUT2D eigenvalue weighted by molar-refractivity contribution is -0.334. The van der Waals surface area contributed by atoms with Gasteiger partial charge in [0.15, 0.2) is 12.6 Å². The SMILES string of the molecule is CC[C@H]1OC(=O)[C@H](C)[C@@H](O[C@H]2C[C@@](C)(OC)[C@](O)(CNc3ccccc3)[C@H](C)O2)[C@H](C)[C@@H](O[C@@H]2O[C@H](C)C[C@H](N(C)S(=O)(=O)Nc3ccc(C(F)(F)F)cc3)[C@H]2O)[C@](C)(O)C[C@@H](C)CN[C@H](C)[C@@H](O)[C@]1(C)O. The van der Waals surface area contributed by atoms with Crippen molar-refractivity contribution in [3.63, 3.8) is 0 Å². The Morgan fingerprint density at radius 1 is 0.903 bits per heavy atom. The number of likely N-dealkylation sites (N-methyl/N-ethyl adjacent to an activating group) is 1. The van der Waals surface area contributed by atoms with Crippen LogP contribution in [0.1, 0.15) is 100 Å². The second-order valence-corrected chi connectivity index (χ2v) is 22.7. The topological polar surface area (TPSA) is 247 Å². The van der Waals surface area contributed by atoms with E-state index in [1.165, 1.54) is 34.9 Å². The molecule has 0 amide bonds. The number of benzene rings is 2. The molecule has 18 nitrogen and oxygen atoms in total. The number of anilines is 2. The Kier molecular flexibility index (Phi) is 19.3. The van der Waals surface area contributed by atoms with Gasteiger partial charge < -0.3 is 64.6 Å². The third-order valence-corrected chi connectivity index (χ3v) is 16.7. The molecule has 0 unspecified atom stereocenters. The largest absolute Gasteiger partial charge is 0.459 e. The second kappa shape index (κ2) is 23.3. The Hall–Kier alpha value is -3.23. The normalized spacial score (nSPS) is 40.2. The molecule has 22 heteroatoms. The lowest BCUT2D eigenvalue weighted by Gasteiger charge is -2.53. The summed E-state index contributed by atoms with van der Waals surface area (Å²) >= 11 is 0. The van der Waals surface area contributed by atoms with Crippen LogP contribution >= 0.6 is 0 Å². The summed E-state index contributed by atoms with van der Waals surface area (Å²) in [6.07, 6.45) is -16.2. The van der Waals surface area contributed by atoms with Gasteiger partial charge in [-0.15, -0.1) is 0 Å². The monoisotopic (exact) mass is 1050 g/mol. The molecule has 0 bridgehead atoms. The first kappa shape index (κ1) is 59.6. The zero-order chi connectivity index (χ0) is 53.9. The average molecular weight is 1050 g/mol. The minimum absolute atomic E-state index is 0.00459. The van der Waals surface area contributed by atoms with E-state index in [0.717, 1.165) is 34.3 Å². The molecule has 3 aliphatic rings. The third-order valence-electron chi connectivity index (χ3n) is 15.2. The Bertz CT molecular complexity index is 2180. The molecule has 0 aliphatic carbocycles. The van der Waals surface area contributed by atoms with Crippen molar-refractivity contribution in [1.29, 1.82) is 0 Å². The number of alkyl halides is 3. The number of halogens is 3. The number of carbonyl (C=O) groups excluding carboxylic acids is 1. The lowest BCUT2D eigenvalue weighted by atomic mass is 9.75. The zero-order valence-corrected chi connectivity index (χ0v) is 44.2. The fourth-order valence-corrected chi connectivity index (χ4v) is 11.7. The van der Waals surface area contributed by atoms with Gasteiger partial charge in [-0.3, -0.25) is 9.52 Å². The van der Waals surface area contributed by atoms with Crippen molar-refractivity contribution in [3.05, 3.63) is 60.2 Å². The van der Waals surface area contributed by atoms with Gasteiger partial charge in [0, 0.05) is 50.5 Å². The highest BCUT2D eigenvalue weighted by Gasteiger charge is 2.59. The molecular formula is C50H79F3N4O14S. The van der Waals surface area contributed by atoms with E-state index in [1.54, 1.807) is 41.5 Å². The van der Waals surface area contributed by atoms with Crippen LogP contribution in [-0.4, -0.2) is 161 Å². The highest BCUT2D eigenvalue weighted by Crippen LogP contribution is 2.44. The number of para-hydroxylation sites is 1. The molecule has 3 fully saturated rings. The summed E-state index contributed by atoms with van der Waals surface area (Å²) < 4.78 is 109. The van der Waals surface area contributed by atoms with Crippen molar-refractivity contribution in [2.24, 2.45) is 17.8 Å². The van der Waals surface area contributed by atoms with Gasteiger partial charge in [-0.2, -0.15) is 25.9 Å². The molecule has 410 valence electrons. The number of hydrogen-bond acceptors (Lipinski definition) is 16. The van der Waals surface area contributed by atoms with E-state index in [4.69, 9.17) is 28.4 Å². The van der Waals surface area contributed by atoms with E-state index in [1.807, 2.05) is 37.3 Å². The Morgan fingerprint density at radius 2 is 1.53 bits per heavy atom. The van der Waals surface area contributed by atoms with E-state index in [-0.39, 0.29) is 50.4 Å². The summed E-state index contributed by atoms with van der Waals surface area (Å²) in [4.78, 5) is 14.6. The molecule has 72 heavy (non-hydrogen) atoms. The van der Waals surface area contributed by atoms with Crippen LogP contribution < -0.4 is 15.4 Å². The Morgan fingerprint density at radius 3 is 2.11 bits per heavy atom. The molecule has 5 rings (SSSR count). The molecule has 2 aromatic carbocycles. The predicted molar refractivity (Wildman–Crippen MR) is 261 cm³/mol. The van der Waals surface area contributed by atoms with Crippen molar-refractivity contribution in [3.8, 4) is 0 Å². The van der Waals surface area contributed by atoms with E-state index in [2.05, 4.69) is 15.4 Å². The maximum atomic E-state index is 14.6. The lowest BCUT2D eigenvalue weighted by Crippen LogP contribution is -2.69. The molecule has 3 heterocycles. The maximum Gasteiger partial charge on any atom is 0.416 e. The van der Waals surface area contributed by atoms with Crippen molar-refractivity contribution >= 4 is 27.6 Å². The number of rotatable bonds is 13. The molecule has 3 aliphatic heterocycles. The van der Waals surface area contributed by atoms with E-state index < -0.39 is 130 Å². The smallest absolute Gasteiger partial charge is 0.416 e. The summed E-state index contributed by atoms with van der Waals surface area (Å²) in [5, 5.41) is 67.0. The van der Waals surface area contributed by atoms with Gasteiger partial charge in [0.25, 0.3) is 0 Å². The number of cyclic esters (lactones) is 1. The molecule has 0 saturated carbocycles. The van der Waals surface area contributed by atoms with Crippen LogP contribution in [0, 0.1) is 17.8 Å². The zero-order valence-electron chi connectivity index (χ0n) is 43.4. The molecule has 0 aromatic heterocycles. The average Bonchev–Trinajstić information content (AvgIpc) is 3.31. The van der Waals surface area contributed by atoms with Gasteiger partial charge >= 0.3 is 22.4 Å². The Labute approximate surface area is 422 Å². The van der Waals surface area contributed by atoms with Crippen molar-refractivity contribution in [2.75, 3.05) is 37.3 Å². The highest BCUT2D eigenvalue weighted by atomic mass is 32.2. The van der Waals surface area contributed by atoms with Crippen molar-refractivity contribution in [1.82, 2.24) is 9.62 Å². The third kappa shape index (κ3) is 13.4. The number of aliphatic hydroxyl groups excluding tert-OH is 2. The van der Waals surface area contributed by atoms with Crippen LogP contribution in [0.5, 0.6) is 0 Å². The maximum absolute atomic E-state index is 14.6. The van der Waals surface area contributed by atoms with Crippen molar-refractivity contribution in [2.45, 2.75) is 191 Å². The second-order valence-electron chi connectivity index (χ2n) is 21.0. The first-order chi connectivity index (χ1) is 33.3. The van der Waals surface area contributed by atoms with Gasteiger partial charge in [0.1, 0.15) is 35.1 Å². The predicted octanol–water partition coefficient (Wildman–Crippen LogP) is 4.79. The number of aliphatic hydroxyl groups is 5. The molecule has 0 spiro atoms. The van der Waals surface area contributed by atoms with Crippen LogP contribution in [0.2, 0.25) is 0 Å². The minimum atomic E-state index is -4.65. The van der Waals surface area contributed by atoms with Crippen LogP contribution in [0.25, 0.3) is 0 Å². The molecule has 3 saturated heterocycles. The van der Waals surface area contributed by atoms with Gasteiger partial charge in [0.2, 0.25) is 0 Å². The number of nitrogens with one attached hydrogen (secondary N) is 3. The van der Waals surface area contributed by atoms with Crippen LogP contribution in [0.4, 0.5) is 24.5 Å². The van der Waals surface area contributed by atoms with Crippen LogP contribution in [0.15, 0.2) is 54.6 Å². The van der Waals surface area contributed by atoms with Gasteiger partial charge in [-0.05, 0) is 117 Å². The van der Waals surface area contributed by atoms with Crippen molar-refractivity contribution < 1.29 is 80.3 Å².